The topological polar surface area (TPSA) is 65.8 Å². The molecule has 0 unspecified atom stereocenters. The Bertz CT molecular complexity index is 1040. The van der Waals surface area contributed by atoms with Crippen molar-refractivity contribution >= 4 is 34.3 Å². The quantitative estimate of drug-likeness (QED) is 0.687. The standard InChI is InChI=1S/C20H16FN3OS/c1-12-7-8-14-9-15(10-22)20(24-19(14)13(12)2)26-11-18(25)23-17-6-4-3-5-16(17)21/h3-9H,11H2,1-2H3,(H,23,25). The molecule has 130 valence electrons. The predicted octanol–water partition coefficient (Wildman–Crippen LogP) is 4.59. The van der Waals surface area contributed by atoms with Gasteiger partial charge in [0.1, 0.15) is 16.9 Å². The number of thioether (sulfide) groups is 1. The van der Waals surface area contributed by atoms with Crippen LogP contribution in [0, 0.1) is 31.0 Å². The fraction of sp³-hybridized carbons (Fsp3) is 0.150. The number of aryl methyl sites for hydroxylation is 2. The summed E-state index contributed by atoms with van der Waals surface area (Å²) in [6.45, 7) is 3.99. The van der Waals surface area contributed by atoms with E-state index in [9.17, 15) is 14.4 Å². The van der Waals surface area contributed by atoms with Gasteiger partial charge in [0.25, 0.3) is 0 Å². The van der Waals surface area contributed by atoms with Crippen molar-refractivity contribution in [3.8, 4) is 6.07 Å². The van der Waals surface area contributed by atoms with Gasteiger partial charge in [-0.25, -0.2) is 9.37 Å². The number of carbonyl (C=O) groups excluding carboxylic acids is 1. The highest BCUT2D eigenvalue weighted by molar-refractivity contribution is 8.00. The molecule has 6 heteroatoms. The lowest BCUT2D eigenvalue weighted by molar-refractivity contribution is -0.113. The number of nitrogens with zero attached hydrogens (tertiary/aromatic N) is 2. The second-order valence-corrected chi connectivity index (χ2v) is 6.81. The minimum atomic E-state index is -0.488. The summed E-state index contributed by atoms with van der Waals surface area (Å²) in [4.78, 5) is 16.7. The zero-order valence-electron chi connectivity index (χ0n) is 14.3. The molecule has 2 aromatic carbocycles. The number of para-hydroxylation sites is 1. The van der Waals surface area contributed by atoms with Crippen LogP contribution >= 0.6 is 11.8 Å². The first kappa shape index (κ1) is 17.9. The molecular formula is C20H16FN3OS. The zero-order chi connectivity index (χ0) is 18.7. The molecule has 0 aliphatic heterocycles. The predicted molar refractivity (Wildman–Crippen MR) is 102 cm³/mol. The van der Waals surface area contributed by atoms with Crippen molar-refractivity contribution in [2.24, 2.45) is 0 Å². The Morgan fingerprint density at radius 1 is 1.27 bits per heavy atom. The van der Waals surface area contributed by atoms with Crippen LogP contribution < -0.4 is 5.32 Å². The van der Waals surface area contributed by atoms with Gasteiger partial charge in [0, 0.05) is 5.39 Å². The Morgan fingerprint density at radius 3 is 2.77 bits per heavy atom. The van der Waals surface area contributed by atoms with E-state index >= 15 is 0 Å². The normalized spacial score (nSPS) is 10.5. The van der Waals surface area contributed by atoms with Crippen molar-refractivity contribution in [1.29, 1.82) is 5.26 Å². The summed E-state index contributed by atoms with van der Waals surface area (Å²) in [5.74, 6) is -0.808. The number of anilines is 1. The number of nitrogens with one attached hydrogen (secondary N) is 1. The lowest BCUT2D eigenvalue weighted by atomic mass is 10.0. The molecule has 0 saturated heterocycles. The average molecular weight is 365 g/mol. The number of nitriles is 1. The highest BCUT2D eigenvalue weighted by Crippen LogP contribution is 2.27. The Kier molecular flexibility index (Phi) is 5.19. The number of pyridine rings is 1. The van der Waals surface area contributed by atoms with E-state index in [0.717, 1.165) is 22.0 Å². The van der Waals surface area contributed by atoms with Gasteiger partial charge in [0.05, 0.1) is 22.5 Å². The lowest BCUT2D eigenvalue weighted by Gasteiger charge is -2.10. The van der Waals surface area contributed by atoms with Crippen molar-refractivity contribution < 1.29 is 9.18 Å². The van der Waals surface area contributed by atoms with Crippen LogP contribution in [0.5, 0.6) is 0 Å². The maximum Gasteiger partial charge on any atom is 0.234 e. The van der Waals surface area contributed by atoms with E-state index in [2.05, 4.69) is 16.4 Å². The lowest BCUT2D eigenvalue weighted by Crippen LogP contribution is -2.15. The van der Waals surface area contributed by atoms with Gasteiger partial charge in [0.2, 0.25) is 5.91 Å². The molecule has 0 bridgehead atoms. The first-order valence-corrected chi connectivity index (χ1v) is 8.96. The number of halogens is 1. The monoisotopic (exact) mass is 365 g/mol. The number of aromatic nitrogens is 1. The summed E-state index contributed by atoms with van der Waals surface area (Å²) in [6, 6.07) is 13.8. The van der Waals surface area contributed by atoms with E-state index in [1.165, 1.54) is 23.9 Å². The van der Waals surface area contributed by atoms with E-state index in [-0.39, 0.29) is 17.3 Å². The van der Waals surface area contributed by atoms with Gasteiger partial charge in [-0.2, -0.15) is 5.26 Å². The molecule has 0 spiro atoms. The molecule has 0 saturated carbocycles. The van der Waals surface area contributed by atoms with Crippen molar-refractivity contribution in [1.82, 2.24) is 4.98 Å². The van der Waals surface area contributed by atoms with Crippen molar-refractivity contribution in [2.45, 2.75) is 18.9 Å². The van der Waals surface area contributed by atoms with Gasteiger partial charge < -0.3 is 5.32 Å². The van der Waals surface area contributed by atoms with Gasteiger partial charge in [-0.3, -0.25) is 4.79 Å². The second kappa shape index (κ2) is 7.54. The van der Waals surface area contributed by atoms with Gasteiger partial charge >= 0.3 is 0 Å². The number of carbonyl (C=O) groups is 1. The first-order chi connectivity index (χ1) is 12.5. The molecule has 1 amide bonds. The molecule has 0 aliphatic carbocycles. The molecule has 1 N–H and O–H groups in total. The molecule has 3 rings (SSSR count). The molecule has 0 atom stereocenters. The van der Waals surface area contributed by atoms with E-state index < -0.39 is 5.82 Å². The van der Waals surface area contributed by atoms with E-state index in [4.69, 9.17) is 0 Å². The fourth-order valence-corrected chi connectivity index (χ4v) is 3.29. The van der Waals surface area contributed by atoms with Gasteiger partial charge in [-0.05, 0) is 43.2 Å². The largest absolute Gasteiger partial charge is 0.323 e. The van der Waals surface area contributed by atoms with Crippen LogP contribution in [0.15, 0.2) is 47.5 Å². The van der Waals surface area contributed by atoms with Crippen molar-refractivity contribution in [2.75, 3.05) is 11.1 Å². The SMILES string of the molecule is Cc1ccc2cc(C#N)c(SCC(=O)Nc3ccccc3F)nc2c1C. The molecule has 1 aromatic heterocycles. The van der Waals surface area contributed by atoms with Gasteiger partial charge in [0.15, 0.2) is 0 Å². The zero-order valence-corrected chi connectivity index (χ0v) is 15.2. The number of fused-ring (bicyclic) bond motifs is 1. The first-order valence-electron chi connectivity index (χ1n) is 7.98. The minimum absolute atomic E-state index is 0.0341. The molecule has 3 aromatic rings. The highest BCUT2D eigenvalue weighted by Gasteiger charge is 2.13. The van der Waals surface area contributed by atoms with Crippen molar-refractivity contribution in [3.63, 3.8) is 0 Å². The summed E-state index contributed by atoms with van der Waals surface area (Å²) in [5.41, 5.74) is 3.54. The highest BCUT2D eigenvalue weighted by atomic mass is 32.2. The number of hydrogen-bond acceptors (Lipinski definition) is 4. The van der Waals surface area contributed by atoms with Crippen LogP contribution in [0.4, 0.5) is 10.1 Å². The third-order valence-electron chi connectivity index (χ3n) is 4.09. The minimum Gasteiger partial charge on any atom is -0.323 e. The Labute approximate surface area is 155 Å². The third kappa shape index (κ3) is 3.68. The summed E-state index contributed by atoms with van der Waals surface area (Å²) in [7, 11) is 0. The fourth-order valence-electron chi connectivity index (χ4n) is 2.54. The molecule has 0 aliphatic rings. The summed E-state index contributed by atoms with van der Waals surface area (Å²) >= 11 is 1.17. The summed E-state index contributed by atoms with van der Waals surface area (Å²) in [5, 5.41) is 13.3. The maximum absolute atomic E-state index is 13.6. The summed E-state index contributed by atoms with van der Waals surface area (Å²) < 4.78 is 13.6. The van der Waals surface area contributed by atoms with Crippen molar-refractivity contribution in [3.05, 3.63) is 65.0 Å². The van der Waals surface area contributed by atoms with E-state index in [0.29, 0.717) is 10.6 Å². The Hall–Kier alpha value is -2.91. The van der Waals surface area contributed by atoms with Crippen LogP contribution in [0.3, 0.4) is 0 Å². The van der Waals surface area contributed by atoms with Crippen LogP contribution in [0.2, 0.25) is 0 Å². The molecule has 4 nitrogen and oxygen atoms in total. The number of hydrogen-bond donors (Lipinski definition) is 1. The van der Waals surface area contributed by atoms with Crippen LogP contribution in [0.1, 0.15) is 16.7 Å². The second-order valence-electron chi connectivity index (χ2n) is 5.85. The number of amides is 1. The Morgan fingerprint density at radius 2 is 2.04 bits per heavy atom. The molecular weight excluding hydrogens is 349 g/mol. The summed E-state index contributed by atoms with van der Waals surface area (Å²) in [6.07, 6.45) is 0. The van der Waals surface area contributed by atoms with Crippen LogP contribution in [-0.2, 0) is 4.79 Å². The van der Waals surface area contributed by atoms with E-state index in [1.54, 1.807) is 18.2 Å². The molecule has 0 radical (unpaired) electrons. The molecule has 0 fully saturated rings. The Balaban J connectivity index is 1.82. The molecule has 1 heterocycles. The maximum atomic E-state index is 13.6. The van der Waals surface area contributed by atoms with E-state index in [1.807, 2.05) is 26.0 Å². The third-order valence-corrected chi connectivity index (χ3v) is 5.08. The molecule has 26 heavy (non-hydrogen) atoms. The average Bonchev–Trinajstić information content (AvgIpc) is 2.64. The van der Waals surface area contributed by atoms with Gasteiger partial charge in [-0.1, -0.05) is 36.0 Å². The number of rotatable bonds is 4. The van der Waals surface area contributed by atoms with Crippen LogP contribution in [0.25, 0.3) is 10.9 Å². The van der Waals surface area contributed by atoms with Gasteiger partial charge in [-0.15, -0.1) is 0 Å². The number of benzene rings is 2. The smallest absolute Gasteiger partial charge is 0.234 e. The van der Waals surface area contributed by atoms with Crippen LogP contribution in [-0.4, -0.2) is 16.6 Å².